The molecule has 0 unspecified atom stereocenters. The summed E-state index contributed by atoms with van der Waals surface area (Å²) in [5, 5.41) is 2.98. The fourth-order valence-corrected chi connectivity index (χ4v) is 3.74. The predicted octanol–water partition coefficient (Wildman–Crippen LogP) is 3.44. The Morgan fingerprint density at radius 1 is 0.870 bits per heavy atom. The largest absolute Gasteiger partial charge is 0.342 e. The molecule has 4 heteroatoms. The molecule has 4 nitrogen and oxygen atoms in total. The standard InChI is InChI=1S/C19H26N2O2/c22-18(20-17-9-5-2-6-10-17)15-11-13-21(14-12-15)19(23)16-7-3-1-4-8-16/h2,5-6,9-10,15-16H,1,3-4,7-8,11-14H2,(H,20,22). The summed E-state index contributed by atoms with van der Waals surface area (Å²) in [5.41, 5.74) is 0.846. The lowest BCUT2D eigenvalue weighted by molar-refractivity contribution is -0.139. The normalized spacial score (nSPS) is 20.3. The lowest BCUT2D eigenvalue weighted by Gasteiger charge is -2.34. The molecule has 124 valence electrons. The van der Waals surface area contributed by atoms with Gasteiger partial charge in [0.1, 0.15) is 0 Å². The van der Waals surface area contributed by atoms with Crippen molar-refractivity contribution in [2.45, 2.75) is 44.9 Å². The Kier molecular flexibility index (Phi) is 5.31. The van der Waals surface area contributed by atoms with E-state index in [0.717, 1.165) is 44.5 Å². The van der Waals surface area contributed by atoms with Crippen molar-refractivity contribution in [3.05, 3.63) is 30.3 Å². The molecule has 1 aromatic rings. The molecule has 2 fully saturated rings. The lowest BCUT2D eigenvalue weighted by Crippen LogP contribution is -2.44. The highest BCUT2D eigenvalue weighted by Crippen LogP contribution is 2.27. The van der Waals surface area contributed by atoms with Gasteiger partial charge in [-0.25, -0.2) is 0 Å². The molecule has 1 saturated carbocycles. The van der Waals surface area contributed by atoms with E-state index in [1.807, 2.05) is 35.2 Å². The van der Waals surface area contributed by atoms with Crippen LogP contribution in [0.15, 0.2) is 30.3 Å². The van der Waals surface area contributed by atoms with Gasteiger partial charge in [0, 0.05) is 30.6 Å². The number of benzene rings is 1. The van der Waals surface area contributed by atoms with Crippen molar-refractivity contribution in [2.75, 3.05) is 18.4 Å². The van der Waals surface area contributed by atoms with Crippen LogP contribution in [0.5, 0.6) is 0 Å². The van der Waals surface area contributed by atoms with Crippen molar-refractivity contribution in [1.82, 2.24) is 4.90 Å². The molecule has 1 heterocycles. The summed E-state index contributed by atoms with van der Waals surface area (Å²) in [6, 6.07) is 9.58. The second-order valence-electron chi connectivity index (χ2n) is 6.79. The first-order valence-electron chi connectivity index (χ1n) is 8.89. The fourth-order valence-electron chi connectivity index (χ4n) is 3.74. The molecular weight excluding hydrogens is 288 g/mol. The molecule has 3 rings (SSSR count). The van der Waals surface area contributed by atoms with E-state index in [1.54, 1.807) is 0 Å². The first kappa shape index (κ1) is 16.0. The van der Waals surface area contributed by atoms with Crippen LogP contribution in [0.3, 0.4) is 0 Å². The second kappa shape index (κ2) is 7.62. The first-order valence-corrected chi connectivity index (χ1v) is 8.89. The molecule has 0 spiro atoms. The summed E-state index contributed by atoms with van der Waals surface area (Å²) in [7, 11) is 0. The average Bonchev–Trinajstić information content (AvgIpc) is 2.63. The van der Waals surface area contributed by atoms with Crippen LogP contribution < -0.4 is 5.32 Å². The zero-order valence-electron chi connectivity index (χ0n) is 13.7. The summed E-state index contributed by atoms with van der Waals surface area (Å²) in [4.78, 5) is 26.9. The van der Waals surface area contributed by atoms with Gasteiger partial charge in [-0.3, -0.25) is 9.59 Å². The van der Waals surface area contributed by atoms with Gasteiger partial charge in [-0.2, -0.15) is 0 Å². The molecule has 1 aliphatic carbocycles. The highest BCUT2D eigenvalue weighted by molar-refractivity contribution is 5.92. The number of carbonyl (C=O) groups excluding carboxylic acids is 2. The van der Waals surface area contributed by atoms with E-state index in [2.05, 4.69) is 5.32 Å². The summed E-state index contributed by atoms with van der Waals surface area (Å²) < 4.78 is 0. The Morgan fingerprint density at radius 3 is 2.17 bits per heavy atom. The van der Waals surface area contributed by atoms with Crippen LogP contribution in [0.2, 0.25) is 0 Å². The van der Waals surface area contributed by atoms with Crippen molar-refractivity contribution < 1.29 is 9.59 Å². The van der Waals surface area contributed by atoms with Gasteiger partial charge in [0.05, 0.1) is 0 Å². The molecule has 1 aliphatic heterocycles. The van der Waals surface area contributed by atoms with Crippen LogP contribution in [-0.4, -0.2) is 29.8 Å². The van der Waals surface area contributed by atoms with E-state index in [4.69, 9.17) is 0 Å². The number of hydrogen-bond acceptors (Lipinski definition) is 2. The van der Waals surface area contributed by atoms with E-state index in [-0.39, 0.29) is 17.7 Å². The van der Waals surface area contributed by atoms with E-state index >= 15 is 0 Å². The minimum atomic E-state index is 0.0191. The van der Waals surface area contributed by atoms with Crippen molar-refractivity contribution in [3.63, 3.8) is 0 Å². The van der Waals surface area contributed by atoms with Crippen LogP contribution in [-0.2, 0) is 9.59 Å². The number of likely N-dealkylation sites (tertiary alicyclic amines) is 1. The number of hydrogen-bond donors (Lipinski definition) is 1. The number of amides is 2. The molecule has 23 heavy (non-hydrogen) atoms. The Morgan fingerprint density at radius 2 is 1.52 bits per heavy atom. The molecule has 1 saturated heterocycles. The Bertz CT molecular complexity index is 530. The van der Waals surface area contributed by atoms with Gasteiger partial charge in [0.15, 0.2) is 0 Å². The van der Waals surface area contributed by atoms with Gasteiger partial charge in [-0.15, -0.1) is 0 Å². The van der Waals surface area contributed by atoms with Gasteiger partial charge in [-0.1, -0.05) is 37.5 Å². The molecular formula is C19H26N2O2. The van der Waals surface area contributed by atoms with Crippen LogP contribution in [0.4, 0.5) is 5.69 Å². The fraction of sp³-hybridized carbons (Fsp3) is 0.579. The minimum Gasteiger partial charge on any atom is -0.342 e. The van der Waals surface area contributed by atoms with E-state index in [0.29, 0.717) is 5.91 Å². The number of nitrogens with zero attached hydrogens (tertiary/aromatic N) is 1. The van der Waals surface area contributed by atoms with E-state index in [9.17, 15) is 9.59 Å². The van der Waals surface area contributed by atoms with Crippen molar-refractivity contribution in [2.24, 2.45) is 11.8 Å². The topological polar surface area (TPSA) is 49.4 Å². The van der Waals surface area contributed by atoms with Gasteiger partial charge < -0.3 is 10.2 Å². The quantitative estimate of drug-likeness (QED) is 0.929. The van der Waals surface area contributed by atoms with E-state index in [1.165, 1.54) is 19.3 Å². The second-order valence-corrected chi connectivity index (χ2v) is 6.79. The van der Waals surface area contributed by atoms with Gasteiger partial charge in [0.2, 0.25) is 11.8 Å². The zero-order valence-corrected chi connectivity index (χ0v) is 13.7. The number of rotatable bonds is 3. The summed E-state index contributed by atoms with van der Waals surface area (Å²) >= 11 is 0. The van der Waals surface area contributed by atoms with Gasteiger partial charge >= 0.3 is 0 Å². The predicted molar refractivity (Wildman–Crippen MR) is 91.0 cm³/mol. The van der Waals surface area contributed by atoms with Crippen molar-refractivity contribution >= 4 is 17.5 Å². The maximum atomic E-state index is 12.5. The average molecular weight is 314 g/mol. The zero-order chi connectivity index (χ0) is 16.1. The first-order chi connectivity index (χ1) is 11.2. The monoisotopic (exact) mass is 314 g/mol. The van der Waals surface area contributed by atoms with Crippen LogP contribution in [0, 0.1) is 11.8 Å². The number of nitrogens with one attached hydrogen (secondary N) is 1. The number of carbonyl (C=O) groups is 2. The molecule has 0 atom stereocenters. The van der Waals surface area contributed by atoms with Crippen LogP contribution >= 0.6 is 0 Å². The Labute approximate surface area is 138 Å². The lowest BCUT2D eigenvalue weighted by atomic mass is 9.87. The summed E-state index contributed by atoms with van der Waals surface area (Å²) in [6.45, 7) is 1.45. The number of piperidine rings is 1. The Hall–Kier alpha value is -1.84. The number of para-hydroxylation sites is 1. The van der Waals surface area contributed by atoms with Crippen molar-refractivity contribution in [3.8, 4) is 0 Å². The molecule has 1 N–H and O–H groups in total. The van der Waals surface area contributed by atoms with Crippen LogP contribution in [0.25, 0.3) is 0 Å². The van der Waals surface area contributed by atoms with Crippen LogP contribution in [0.1, 0.15) is 44.9 Å². The third-order valence-electron chi connectivity index (χ3n) is 5.17. The Balaban J connectivity index is 1.48. The minimum absolute atomic E-state index is 0.0191. The summed E-state index contributed by atoms with van der Waals surface area (Å²) in [6.07, 6.45) is 7.29. The third kappa shape index (κ3) is 4.12. The van der Waals surface area contributed by atoms with Crippen molar-refractivity contribution in [1.29, 1.82) is 0 Å². The highest BCUT2D eigenvalue weighted by atomic mass is 16.2. The highest BCUT2D eigenvalue weighted by Gasteiger charge is 2.31. The molecule has 0 radical (unpaired) electrons. The number of anilines is 1. The van der Waals surface area contributed by atoms with Gasteiger partial charge in [0.25, 0.3) is 0 Å². The third-order valence-corrected chi connectivity index (χ3v) is 5.17. The maximum absolute atomic E-state index is 12.5. The molecule has 0 bridgehead atoms. The molecule has 2 amide bonds. The van der Waals surface area contributed by atoms with E-state index < -0.39 is 0 Å². The SMILES string of the molecule is O=C(Nc1ccccc1)C1CCN(C(=O)C2CCCCC2)CC1. The summed E-state index contributed by atoms with van der Waals surface area (Å²) in [5.74, 6) is 0.664. The maximum Gasteiger partial charge on any atom is 0.227 e. The molecule has 1 aromatic carbocycles. The smallest absolute Gasteiger partial charge is 0.227 e. The molecule has 2 aliphatic rings. The van der Waals surface area contributed by atoms with Gasteiger partial charge in [-0.05, 0) is 37.8 Å². The molecule has 0 aromatic heterocycles.